The Balaban J connectivity index is 1.10. The second-order valence-corrected chi connectivity index (χ2v) is 8.20. The molecule has 2 aromatic rings. The summed E-state index contributed by atoms with van der Waals surface area (Å²) < 4.78 is 10.7. The van der Waals surface area contributed by atoms with Gasteiger partial charge in [0.15, 0.2) is 18.2 Å². The van der Waals surface area contributed by atoms with E-state index in [1.807, 2.05) is 12.4 Å². The molecule has 2 unspecified atom stereocenters. The molecule has 10 nitrogen and oxygen atoms in total. The van der Waals surface area contributed by atoms with Crippen molar-refractivity contribution in [2.24, 2.45) is 5.92 Å². The van der Waals surface area contributed by atoms with Gasteiger partial charge in [0.2, 0.25) is 0 Å². The summed E-state index contributed by atoms with van der Waals surface area (Å²) in [7, 11) is 0. The Morgan fingerprint density at radius 2 is 2.16 bits per heavy atom. The van der Waals surface area contributed by atoms with Gasteiger partial charge in [0.25, 0.3) is 11.8 Å². The van der Waals surface area contributed by atoms with Gasteiger partial charge in [0, 0.05) is 12.4 Å². The lowest BCUT2D eigenvalue weighted by molar-refractivity contribution is -0.118. The molecule has 2 N–H and O–H groups in total. The number of cyclic esters (lactones) is 1. The monoisotopic (exact) mass is 424 g/mol. The molecule has 0 spiro atoms. The number of nitrogens with zero attached hydrogens (tertiary/aromatic N) is 4. The number of fused-ring (bicyclic) bond motifs is 2. The smallest absolute Gasteiger partial charge is 0.415 e. The van der Waals surface area contributed by atoms with E-state index in [2.05, 4.69) is 32.5 Å². The third-order valence-corrected chi connectivity index (χ3v) is 5.91. The average molecular weight is 424 g/mol. The first-order chi connectivity index (χ1) is 15.1. The molecule has 0 aromatic carbocycles. The zero-order valence-electron chi connectivity index (χ0n) is 17.3. The summed E-state index contributed by atoms with van der Waals surface area (Å²) in [5, 5.41) is 6.10. The zero-order valence-corrected chi connectivity index (χ0v) is 17.3. The van der Waals surface area contributed by atoms with E-state index in [9.17, 15) is 9.59 Å². The van der Waals surface area contributed by atoms with Gasteiger partial charge in [0.1, 0.15) is 6.10 Å². The van der Waals surface area contributed by atoms with Crippen LogP contribution in [0.25, 0.3) is 0 Å². The first kappa shape index (κ1) is 19.7. The molecule has 0 bridgehead atoms. The molecule has 5 rings (SSSR count). The molecule has 1 saturated heterocycles. The average Bonchev–Trinajstić information content (AvgIpc) is 3.34. The fraction of sp³-hybridized carbons (Fsp3) is 0.476. The Morgan fingerprint density at radius 1 is 1.26 bits per heavy atom. The highest BCUT2D eigenvalue weighted by molar-refractivity contribution is 5.94. The molecule has 2 aliphatic heterocycles. The second-order valence-electron chi connectivity index (χ2n) is 8.20. The molecule has 2 amide bonds. The van der Waals surface area contributed by atoms with Gasteiger partial charge in [-0.25, -0.2) is 14.8 Å². The first-order valence-corrected chi connectivity index (χ1v) is 10.5. The topological polar surface area (TPSA) is 119 Å². The highest BCUT2D eigenvalue weighted by atomic mass is 16.6. The van der Waals surface area contributed by atoms with Crippen molar-refractivity contribution >= 4 is 23.6 Å². The van der Waals surface area contributed by atoms with E-state index >= 15 is 0 Å². The van der Waals surface area contributed by atoms with Crippen molar-refractivity contribution in [3.63, 3.8) is 0 Å². The third-order valence-electron chi connectivity index (χ3n) is 5.91. The summed E-state index contributed by atoms with van der Waals surface area (Å²) in [5.41, 5.74) is 4.07. The summed E-state index contributed by atoms with van der Waals surface area (Å²) in [6, 6.07) is 0. The number of carbonyl (C=O) groups excluding carboxylic acids is 2. The Bertz CT molecular complexity index is 1030. The van der Waals surface area contributed by atoms with Gasteiger partial charge in [-0.1, -0.05) is 0 Å². The van der Waals surface area contributed by atoms with Crippen molar-refractivity contribution in [2.45, 2.75) is 32.3 Å². The van der Waals surface area contributed by atoms with Crippen LogP contribution in [-0.4, -0.2) is 59.3 Å². The molecule has 1 aliphatic carbocycles. The highest BCUT2D eigenvalue weighted by Gasteiger charge is 2.34. The molecule has 162 valence electrons. The van der Waals surface area contributed by atoms with Crippen molar-refractivity contribution in [3.05, 3.63) is 35.3 Å². The normalized spacial score (nSPS) is 21.9. The quantitative estimate of drug-likeness (QED) is 0.665. The van der Waals surface area contributed by atoms with Crippen molar-refractivity contribution in [3.8, 4) is 5.88 Å². The van der Waals surface area contributed by atoms with Gasteiger partial charge >= 0.3 is 6.09 Å². The molecular weight excluding hydrogens is 400 g/mol. The standard InChI is InChI=1S/C21H24N6O4/c1-12-6-23-8-14-4-13(5-16(12)14)7-22-3-2-15-10-27(21(29)31-15)17-9-24-20-19(25-17)26-18(28)11-30-20/h6,8-9,13,15,22H,2-5,7,10-11H2,1H3,(H,25,26,28). The van der Waals surface area contributed by atoms with Crippen LogP contribution in [0.3, 0.4) is 0 Å². The number of ether oxygens (including phenoxy) is 2. The Hall–Kier alpha value is -3.27. The zero-order chi connectivity index (χ0) is 21.4. The fourth-order valence-corrected chi connectivity index (χ4v) is 4.35. The lowest BCUT2D eigenvalue weighted by atomic mass is 10.1. The van der Waals surface area contributed by atoms with Crippen molar-refractivity contribution in [2.75, 3.05) is 36.5 Å². The number of aryl methyl sites for hydroxylation is 1. The molecular formula is C21H24N6O4. The Kier molecular flexibility index (Phi) is 5.14. The Labute approximate surface area is 179 Å². The number of nitrogens with one attached hydrogen (secondary N) is 2. The van der Waals surface area contributed by atoms with Crippen molar-refractivity contribution in [1.29, 1.82) is 0 Å². The second kappa shape index (κ2) is 8.10. The highest BCUT2D eigenvalue weighted by Crippen LogP contribution is 2.29. The molecule has 2 aromatic heterocycles. The summed E-state index contributed by atoms with van der Waals surface area (Å²) >= 11 is 0. The maximum Gasteiger partial charge on any atom is 0.415 e. The molecule has 1 fully saturated rings. The maximum atomic E-state index is 12.3. The minimum absolute atomic E-state index is 0.0920. The summed E-state index contributed by atoms with van der Waals surface area (Å²) in [5.74, 6) is 1.07. The molecule has 31 heavy (non-hydrogen) atoms. The van der Waals surface area contributed by atoms with Gasteiger partial charge in [-0.15, -0.1) is 0 Å². The van der Waals surface area contributed by atoms with E-state index in [0.717, 1.165) is 25.9 Å². The van der Waals surface area contributed by atoms with Gasteiger partial charge in [-0.2, -0.15) is 0 Å². The minimum atomic E-state index is -0.462. The SMILES string of the molecule is Cc1cncc2c1CC(CNCCC1CN(c3cnc4c(n3)NC(=O)CO4)C(=O)O1)C2. The Morgan fingerprint density at radius 3 is 3.03 bits per heavy atom. The van der Waals surface area contributed by atoms with Gasteiger partial charge in [0.05, 0.1) is 12.7 Å². The summed E-state index contributed by atoms with van der Waals surface area (Å²) in [6.45, 7) is 4.10. The van der Waals surface area contributed by atoms with Crippen LogP contribution >= 0.6 is 0 Å². The van der Waals surface area contributed by atoms with E-state index < -0.39 is 6.09 Å². The summed E-state index contributed by atoms with van der Waals surface area (Å²) in [4.78, 5) is 37.9. The van der Waals surface area contributed by atoms with E-state index in [0.29, 0.717) is 24.7 Å². The summed E-state index contributed by atoms with van der Waals surface area (Å²) in [6.07, 6.45) is 7.53. The van der Waals surface area contributed by atoms with E-state index in [-0.39, 0.29) is 30.3 Å². The van der Waals surface area contributed by atoms with Crippen LogP contribution in [0.4, 0.5) is 16.4 Å². The molecule has 0 radical (unpaired) electrons. The van der Waals surface area contributed by atoms with Crippen LogP contribution in [0, 0.1) is 12.8 Å². The number of rotatable bonds is 6. The number of pyridine rings is 1. The van der Waals surface area contributed by atoms with Crippen LogP contribution in [0.5, 0.6) is 5.88 Å². The van der Waals surface area contributed by atoms with Crippen LogP contribution in [0.15, 0.2) is 18.6 Å². The fourth-order valence-electron chi connectivity index (χ4n) is 4.35. The van der Waals surface area contributed by atoms with Crippen LogP contribution in [0.2, 0.25) is 0 Å². The van der Waals surface area contributed by atoms with Crippen LogP contribution in [0.1, 0.15) is 23.1 Å². The van der Waals surface area contributed by atoms with Crippen molar-refractivity contribution < 1.29 is 19.1 Å². The molecule has 10 heteroatoms. The third kappa shape index (κ3) is 4.02. The predicted molar refractivity (Wildman–Crippen MR) is 111 cm³/mol. The van der Waals surface area contributed by atoms with Gasteiger partial charge in [-0.3, -0.25) is 14.7 Å². The first-order valence-electron chi connectivity index (χ1n) is 10.5. The molecule has 2 atom stereocenters. The molecule has 4 heterocycles. The maximum absolute atomic E-state index is 12.3. The molecule has 0 saturated carbocycles. The van der Waals surface area contributed by atoms with Crippen molar-refractivity contribution in [1.82, 2.24) is 20.3 Å². The largest absolute Gasteiger partial charge is 0.465 e. The van der Waals surface area contributed by atoms with E-state index in [1.165, 1.54) is 27.8 Å². The number of aromatic nitrogens is 3. The predicted octanol–water partition coefficient (Wildman–Crippen LogP) is 1.23. The van der Waals surface area contributed by atoms with E-state index in [4.69, 9.17) is 9.47 Å². The van der Waals surface area contributed by atoms with Gasteiger partial charge in [-0.05, 0) is 61.9 Å². The van der Waals surface area contributed by atoms with Gasteiger partial charge < -0.3 is 20.1 Å². The van der Waals surface area contributed by atoms with Crippen LogP contribution < -0.4 is 20.3 Å². The number of anilines is 2. The number of amides is 2. The number of carbonyl (C=O) groups is 2. The lowest BCUT2D eigenvalue weighted by Crippen LogP contribution is -2.30. The molecule has 3 aliphatic rings. The number of hydrogen-bond acceptors (Lipinski definition) is 8. The van der Waals surface area contributed by atoms with Crippen LogP contribution in [-0.2, 0) is 22.4 Å². The van der Waals surface area contributed by atoms with E-state index in [1.54, 1.807) is 0 Å². The lowest BCUT2D eigenvalue weighted by Gasteiger charge is -2.18. The number of hydrogen-bond donors (Lipinski definition) is 2. The minimum Gasteiger partial charge on any atom is -0.465 e.